The smallest absolute Gasteiger partial charge is 0.137 e. The van der Waals surface area contributed by atoms with E-state index in [4.69, 9.17) is 10.5 Å². The number of nitrogens with zero attached hydrogens (tertiary/aromatic N) is 1. The van der Waals surface area contributed by atoms with Gasteiger partial charge >= 0.3 is 0 Å². The van der Waals surface area contributed by atoms with Crippen LogP contribution in [-0.4, -0.2) is 11.6 Å². The summed E-state index contributed by atoms with van der Waals surface area (Å²) in [4.78, 5) is 4.16. The van der Waals surface area contributed by atoms with Gasteiger partial charge in [-0.05, 0) is 49.6 Å². The molecular weight excluding hydrogens is 255 g/mol. The lowest BCUT2D eigenvalue weighted by molar-refractivity contribution is 0.337. The number of halogens is 1. The molecule has 20 heavy (non-hydrogen) atoms. The van der Waals surface area contributed by atoms with E-state index in [-0.39, 0.29) is 5.82 Å². The molecule has 0 bridgehead atoms. The number of aromatic nitrogens is 1. The van der Waals surface area contributed by atoms with Crippen molar-refractivity contribution in [2.75, 3.05) is 6.61 Å². The van der Waals surface area contributed by atoms with E-state index in [1.165, 1.54) is 12.1 Å². The first kappa shape index (κ1) is 14.5. The second kappa shape index (κ2) is 6.01. The van der Waals surface area contributed by atoms with Crippen molar-refractivity contribution in [1.82, 2.24) is 4.98 Å². The van der Waals surface area contributed by atoms with Gasteiger partial charge in [-0.2, -0.15) is 0 Å². The Morgan fingerprint density at radius 2 is 1.95 bits per heavy atom. The number of ether oxygens (including phenoxy) is 1. The molecule has 0 saturated heterocycles. The number of pyridine rings is 1. The molecule has 2 rings (SSSR count). The Bertz CT molecular complexity index is 567. The lowest BCUT2D eigenvalue weighted by Crippen LogP contribution is -2.35. The van der Waals surface area contributed by atoms with E-state index >= 15 is 0 Å². The molecule has 0 spiro atoms. The van der Waals surface area contributed by atoms with Gasteiger partial charge in [-0.25, -0.2) is 4.39 Å². The Kier molecular flexibility index (Phi) is 4.35. The van der Waals surface area contributed by atoms with E-state index in [0.717, 1.165) is 11.1 Å². The van der Waals surface area contributed by atoms with Gasteiger partial charge < -0.3 is 10.5 Å². The summed E-state index contributed by atoms with van der Waals surface area (Å²) in [5.74, 6) is 0.466. The molecule has 1 unspecified atom stereocenters. The van der Waals surface area contributed by atoms with Crippen molar-refractivity contribution in [1.29, 1.82) is 0 Å². The molecule has 1 aromatic heterocycles. The van der Waals surface area contributed by atoms with Crippen LogP contribution >= 0.6 is 0 Å². The number of nitrogens with two attached hydrogens (primary N) is 1. The molecule has 4 heteroatoms. The van der Waals surface area contributed by atoms with E-state index < -0.39 is 5.54 Å². The van der Waals surface area contributed by atoms with Gasteiger partial charge in [0.1, 0.15) is 11.6 Å². The molecule has 1 atom stereocenters. The van der Waals surface area contributed by atoms with Gasteiger partial charge in [0.05, 0.1) is 12.8 Å². The standard InChI is InChI=1S/C16H19FN2O/c1-3-20-15-8-13(10-19-11-15)16(2,18)9-12-4-6-14(17)7-5-12/h4-8,10-11H,3,9,18H2,1-2H3. The quantitative estimate of drug-likeness (QED) is 0.911. The maximum absolute atomic E-state index is 12.9. The summed E-state index contributed by atoms with van der Waals surface area (Å²) in [5.41, 5.74) is 7.68. The molecule has 0 fully saturated rings. The fourth-order valence-electron chi connectivity index (χ4n) is 2.11. The second-order valence-electron chi connectivity index (χ2n) is 5.06. The minimum Gasteiger partial charge on any atom is -0.492 e. The molecule has 1 heterocycles. The van der Waals surface area contributed by atoms with Crippen molar-refractivity contribution < 1.29 is 9.13 Å². The Morgan fingerprint density at radius 3 is 2.60 bits per heavy atom. The Morgan fingerprint density at radius 1 is 1.25 bits per heavy atom. The van der Waals surface area contributed by atoms with Crippen LogP contribution in [0.25, 0.3) is 0 Å². The lowest BCUT2D eigenvalue weighted by atomic mass is 9.87. The number of hydrogen-bond acceptors (Lipinski definition) is 3. The Balaban J connectivity index is 2.20. The normalized spacial score (nSPS) is 13.8. The zero-order valence-electron chi connectivity index (χ0n) is 11.8. The first-order chi connectivity index (χ1) is 9.51. The molecular formula is C16H19FN2O. The van der Waals surface area contributed by atoms with Crippen LogP contribution in [0, 0.1) is 5.82 Å². The topological polar surface area (TPSA) is 48.1 Å². The Labute approximate surface area is 118 Å². The fraction of sp³-hybridized carbons (Fsp3) is 0.312. The van der Waals surface area contributed by atoms with Crippen molar-refractivity contribution in [3.05, 3.63) is 59.7 Å². The van der Waals surface area contributed by atoms with Crippen molar-refractivity contribution in [3.8, 4) is 5.75 Å². The van der Waals surface area contributed by atoms with Crippen LogP contribution in [0.15, 0.2) is 42.7 Å². The summed E-state index contributed by atoms with van der Waals surface area (Å²) in [6, 6.07) is 8.29. The summed E-state index contributed by atoms with van der Waals surface area (Å²) in [6.07, 6.45) is 4.01. The van der Waals surface area contributed by atoms with Crippen LogP contribution in [0.2, 0.25) is 0 Å². The molecule has 0 aliphatic heterocycles. The highest BCUT2D eigenvalue weighted by Gasteiger charge is 2.22. The minimum absolute atomic E-state index is 0.243. The van der Waals surface area contributed by atoms with Gasteiger partial charge in [0.15, 0.2) is 0 Å². The van der Waals surface area contributed by atoms with E-state index in [1.807, 2.05) is 19.9 Å². The third-order valence-corrected chi connectivity index (χ3v) is 3.17. The summed E-state index contributed by atoms with van der Waals surface area (Å²) in [5, 5.41) is 0. The van der Waals surface area contributed by atoms with E-state index in [1.54, 1.807) is 24.5 Å². The third kappa shape index (κ3) is 3.54. The maximum atomic E-state index is 12.9. The van der Waals surface area contributed by atoms with E-state index in [2.05, 4.69) is 4.98 Å². The predicted molar refractivity (Wildman–Crippen MR) is 77.0 cm³/mol. The highest BCUT2D eigenvalue weighted by atomic mass is 19.1. The van der Waals surface area contributed by atoms with Crippen molar-refractivity contribution in [2.24, 2.45) is 5.73 Å². The molecule has 0 aliphatic carbocycles. The van der Waals surface area contributed by atoms with Gasteiger partial charge in [0.2, 0.25) is 0 Å². The first-order valence-electron chi connectivity index (χ1n) is 6.63. The van der Waals surface area contributed by atoms with E-state index in [0.29, 0.717) is 18.8 Å². The van der Waals surface area contributed by atoms with Gasteiger partial charge in [-0.1, -0.05) is 12.1 Å². The average molecular weight is 274 g/mol. The van der Waals surface area contributed by atoms with Crippen LogP contribution in [0.5, 0.6) is 5.75 Å². The van der Waals surface area contributed by atoms with Gasteiger partial charge in [0.25, 0.3) is 0 Å². The zero-order chi connectivity index (χ0) is 14.6. The van der Waals surface area contributed by atoms with Crippen LogP contribution in [0.1, 0.15) is 25.0 Å². The zero-order valence-corrected chi connectivity index (χ0v) is 11.8. The first-order valence-corrected chi connectivity index (χ1v) is 6.63. The predicted octanol–water partition coefficient (Wildman–Crippen LogP) is 3.04. The third-order valence-electron chi connectivity index (χ3n) is 3.17. The molecule has 0 saturated carbocycles. The molecule has 3 nitrogen and oxygen atoms in total. The van der Waals surface area contributed by atoms with Crippen molar-refractivity contribution in [2.45, 2.75) is 25.8 Å². The summed E-state index contributed by atoms with van der Waals surface area (Å²) in [7, 11) is 0. The number of hydrogen-bond donors (Lipinski definition) is 1. The molecule has 2 N–H and O–H groups in total. The summed E-state index contributed by atoms with van der Waals surface area (Å²) in [6.45, 7) is 4.44. The molecule has 0 amide bonds. The van der Waals surface area contributed by atoms with Gasteiger partial charge in [0, 0.05) is 11.7 Å². The minimum atomic E-state index is -0.585. The summed E-state index contributed by atoms with van der Waals surface area (Å²) < 4.78 is 18.4. The van der Waals surface area contributed by atoms with Crippen LogP contribution < -0.4 is 10.5 Å². The van der Waals surface area contributed by atoms with Crippen molar-refractivity contribution >= 4 is 0 Å². The second-order valence-corrected chi connectivity index (χ2v) is 5.06. The molecule has 0 radical (unpaired) electrons. The monoisotopic (exact) mass is 274 g/mol. The SMILES string of the molecule is CCOc1cncc(C(C)(N)Cc2ccc(F)cc2)c1. The van der Waals surface area contributed by atoms with Gasteiger partial charge in [-0.3, -0.25) is 4.98 Å². The largest absolute Gasteiger partial charge is 0.492 e. The molecule has 2 aromatic rings. The molecule has 106 valence electrons. The summed E-state index contributed by atoms with van der Waals surface area (Å²) >= 11 is 0. The van der Waals surface area contributed by atoms with E-state index in [9.17, 15) is 4.39 Å². The lowest BCUT2D eigenvalue weighted by Gasteiger charge is -2.25. The highest BCUT2D eigenvalue weighted by Crippen LogP contribution is 2.25. The highest BCUT2D eigenvalue weighted by molar-refractivity contribution is 5.31. The Hall–Kier alpha value is -1.94. The fourth-order valence-corrected chi connectivity index (χ4v) is 2.11. The average Bonchev–Trinajstić information content (AvgIpc) is 2.42. The van der Waals surface area contributed by atoms with Crippen LogP contribution in [-0.2, 0) is 12.0 Å². The molecule has 0 aliphatic rings. The van der Waals surface area contributed by atoms with Crippen LogP contribution in [0.3, 0.4) is 0 Å². The molecule has 1 aromatic carbocycles. The number of rotatable bonds is 5. The van der Waals surface area contributed by atoms with Gasteiger partial charge in [-0.15, -0.1) is 0 Å². The number of benzene rings is 1. The van der Waals surface area contributed by atoms with Crippen molar-refractivity contribution in [3.63, 3.8) is 0 Å². The maximum Gasteiger partial charge on any atom is 0.137 e. The van der Waals surface area contributed by atoms with Crippen LogP contribution in [0.4, 0.5) is 4.39 Å².